The van der Waals surface area contributed by atoms with E-state index in [9.17, 15) is 4.79 Å². The first-order valence-corrected chi connectivity index (χ1v) is 5.60. The molecule has 0 aliphatic carbocycles. The fourth-order valence-corrected chi connectivity index (χ4v) is 1.42. The van der Waals surface area contributed by atoms with Crippen LogP contribution in [-0.2, 0) is 6.42 Å². The van der Waals surface area contributed by atoms with Crippen LogP contribution >= 0.6 is 0 Å². The van der Waals surface area contributed by atoms with Crippen LogP contribution in [0.2, 0.25) is 0 Å². The lowest BCUT2D eigenvalue weighted by Crippen LogP contribution is -2.26. The third-order valence-electron chi connectivity index (χ3n) is 2.38. The highest BCUT2D eigenvalue weighted by Gasteiger charge is 2.07. The van der Waals surface area contributed by atoms with Crippen LogP contribution in [0.4, 0.5) is 5.82 Å². The number of rotatable bonds is 5. The van der Waals surface area contributed by atoms with Crippen molar-refractivity contribution in [2.24, 2.45) is 0 Å². The number of carbonyl (C=O) groups is 1. The molecular formula is C12H14N4O2. The highest BCUT2D eigenvalue weighted by Crippen LogP contribution is 2.01. The molecule has 0 saturated carbocycles. The Morgan fingerprint density at radius 1 is 1.39 bits per heavy atom. The van der Waals surface area contributed by atoms with Gasteiger partial charge in [-0.2, -0.15) is 0 Å². The Hall–Kier alpha value is -2.37. The molecule has 2 aromatic rings. The number of hydrogen-bond acceptors (Lipinski definition) is 5. The molecule has 0 bridgehead atoms. The van der Waals surface area contributed by atoms with E-state index in [2.05, 4.69) is 20.6 Å². The van der Waals surface area contributed by atoms with Crippen LogP contribution < -0.4 is 10.6 Å². The Balaban J connectivity index is 1.83. The molecular weight excluding hydrogens is 232 g/mol. The number of anilines is 1. The summed E-state index contributed by atoms with van der Waals surface area (Å²) in [6.07, 6.45) is 5.22. The molecule has 2 N–H and O–H groups in total. The zero-order valence-electron chi connectivity index (χ0n) is 10.0. The molecule has 6 heteroatoms. The molecule has 94 valence electrons. The molecule has 0 saturated heterocycles. The molecule has 2 rings (SSSR count). The Labute approximate surface area is 104 Å². The number of nitrogens with zero attached hydrogens (tertiary/aromatic N) is 2. The third-order valence-corrected chi connectivity index (χ3v) is 2.38. The van der Waals surface area contributed by atoms with E-state index in [4.69, 9.17) is 4.42 Å². The second kappa shape index (κ2) is 5.81. The average molecular weight is 246 g/mol. The van der Waals surface area contributed by atoms with E-state index in [1.165, 1.54) is 12.4 Å². The van der Waals surface area contributed by atoms with E-state index >= 15 is 0 Å². The molecule has 6 nitrogen and oxygen atoms in total. The van der Waals surface area contributed by atoms with Crippen LogP contribution in [0, 0.1) is 0 Å². The summed E-state index contributed by atoms with van der Waals surface area (Å²) in [4.78, 5) is 19.7. The average Bonchev–Trinajstić information content (AvgIpc) is 2.92. The van der Waals surface area contributed by atoms with Crippen molar-refractivity contribution in [2.75, 3.05) is 18.9 Å². The van der Waals surface area contributed by atoms with Gasteiger partial charge >= 0.3 is 0 Å². The van der Waals surface area contributed by atoms with Crippen molar-refractivity contribution in [3.05, 3.63) is 42.2 Å². The van der Waals surface area contributed by atoms with E-state index in [0.29, 0.717) is 24.5 Å². The summed E-state index contributed by atoms with van der Waals surface area (Å²) in [5.41, 5.74) is 0.299. The second-order valence-corrected chi connectivity index (χ2v) is 3.62. The van der Waals surface area contributed by atoms with Gasteiger partial charge in [-0.3, -0.25) is 4.79 Å². The van der Waals surface area contributed by atoms with Gasteiger partial charge in [0.15, 0.2) is 0 Å². The maximum atomic E-state index is 11.7. The standard InChI is InChI=1S/C12H14N4O2/c1-13-11-8-15-10(7-16-11)12(17)14-5-4-9-3-2-6-18-9/h2-3,6-8H,4-5H2,1H3,(H,13,16)(H,14,17). The Bertz CT molecular complexity index is 493. The normalized spacial score (nSPS) is 10.1. The molecule has 2 heterocycles. The highest BCUT2D eigenvalue weighted by molar-refractivity contribution is 5.91. The summed E-state index contributed by atoms with van der Waals surface area (Å²) >= 11 is 0. The van der Waals surface area contributed by atoms with Crippen molar-refractivity contribution in [3.8, 4) is 0 Å². The minimum atomic E-state index is -0.239. The van der Waals surface area contributed by atoms with Gasteiger partial charge in [0.25, 0.3) is 5.91 Å². The third kappa shape index (κ3) is 3.07. The summed E-state index contributed by atoms with van der Waals surface area (Å²) in [7, 11) is 1.74. The van der Waals surface area contributed by atoms with Gasteiger partial charge in [-0.1, -0.05) is 0 Å². The lowest BCUT2D eigenvalue weighted by molar-refractivity contribution is 0.0948. The van der Waals surface area contributed by atoms with Gasteiger partial charge in [0.05, 0.1) is 18.7 Å². The lowest BCUT2D eigenvalue weighted by atomic mass is 10.3. The molecule has 2 aromatic heterocycles. The summed E-state index contributed by atoms with van der Waals surface area (Å²) in [6.45, 7) is 0.502. The Kier molecular flexibility index (Phi) is 3.90. The number of carbonyl (C=O) groups excluding carboxylic acids is 1. The van der Waals surface area contributed by atoms with Gasteiger partial charge < -0.3 is 15.1 Å². The first-order chi connectivity index (χ1) is 8.79. The van der Waals surface area contributed by atoms with E-state index in [1.54, 1.807) is 13.3 Å². The molecule has 0 aliphatic rings. The zero-order chi connectivity index (χ0) is 12.8. The number of hydrogen-bond donors (Lipinski definition) is 2. The van der Waals surface area contributed by atoms with Crippen LogP contribution in [0.1, 0.15) is 16.2 Å². The molecule has 0 radical (unpaired) electrons. The van der Waals surface area contributed by atoms with Gasteiger partial charge in [-0.05, 0) is 12.1 Å². The fraction of sp³-hybridized carbons (Fsp3) is 0.250. The van der Waals surface area contributed by atoms with Crippen LogP contribution in [-0.4, -0.2) is 29.5 Å². The fourth-order valence-electron chi connectivity index (χ4n) is 1.42. The predicted molar refractivity (Wildman–Crippen MR) is 66.3 cm³/mol. The summed E-state index contributed by atoms with van der Waals surface area (Å²) < 4.78 is 5.16. The van der Waals surface area contributed by atoms with Crippen molar-refractivity contribution in [3.63, 3.8) is 0 Å². The second-order valence-electron chi connectivity index (χ2n) is 3.62. The van der Waals surface area contributed by atoms with Crippen molar-refractivity contribution in [1.82, 2.24) is 15.3 Å². The minimum absolute atomic E-state index is 0.239. The molecule has 0 unspecified atom stereocenters. The smallest absolute Gasteiger partial charge is 0.271 e. The first kappa shape index (κ1) is 12.1. The maximum absolute atomic E-state index is 11.7. The van der Waals surface area contributed by atoms with Crippen LogP contribution in [0.3, 0.4) is 0 Å². The van der Waals surface area contributed by atoms with E-state index in [1.807, 2.05) is 12.1 Å². The molecule has 0 aromatic carbocycles. The minimum Gasteiger partial charge on any atom is -0.469 e. The molecule has 1 amide bonds. The number of nitrogens with one attached hydrogen (secondary N) is 2. The Morgan fingerprint density at radius 3 is 2.89 bits per heavy atom. The van der Waals surface area contributed by atoms with Gasteiger partial charge in [0, 0.05) is 20.0 Å². The van der Waals surface area contributed by atoms with Gasteiger partial charge in [-0.25, -0.2) is 9.97 Å². The van der Waals surface area contributed by atoms with Gasteiger partial charge in [-0.15, -0.1) is 0 Å². The van der Waals surface area contributed by atoms with Crippen molar-refractivity contribution >= 4 is 11.7 Å². The quantitative estimate of drug-likeness (QED) is 0.825. The molecule has 0 atom stereocenters. The maximum Gasteiger partial charge on any atom is 0.271 e. The lowest BCUT2D eigenvalue weighted by Gasteiger charge is -2.03. The van der Waals surface area contributed by atoms with Crippen molar-refractivity contribution < 1.29 is 9.21 Å². The topological polar surface area (TPSA) is 80.0 Å². The Morgan fingerprint density at radius 2 is 2.28 bits per heavy atom. The molecule has 0 fully saturated rings. The first-order valence-electron chi connectivity index (χ1n) is 5.60. The highest BCUT2D eigenvalue weighted by atomic mass is 16.3. The molecule has 0 aliphatic heterocycles. The summed E-state index contributed by atoms with van der Waals surface area (Å²) in [5.74, 6) is 1.23. The van der Waals surface area contributed by atoms with E-state index in [-0.39, 0.29) is 5.91 Å². The van der Waals surface area contributed by atoms with E-state index in [0.717, 1.165) is 5.76 Å². The van der Waals surface area contributed by atoms with Gasteiger partial charge in [0.2, 0.25) is 0 Å². The van der Waals surface area contributed by atoms with Crippen molar-refractivity contribution in [1.29, 1.82) is 0 Å². The molecule has 18 heavy (non-hydrogen) atoms. The predicted octanol–water partition coefficient (Wildman–Crippen LogP) is 1.08. The van der Waals surface area contributed by atoms with Crippen molar-refractivity contribution in [2.45, 2.75) is 6.42 Å². The SMILES string of the molecule is CNc1cnc(C(=O)NCCc2ccco2)cn1. The van der Waals surface area contributed by atoms with Crippen LogP contribution in [0.25, 0.3) is 0 Å². The van der Waals surface area contributed by atoms with Crippen LogP contribution in [0.5, 0.6) is 0 Å². The van der Waals surface area contributed by atoms with E-state index < -0.39 is 0 Å². The number of aromatic nitrogens is 2. The zero-order valence-corrected chi connectivity index (χ0v) is 10.0. The summed E-state index contributed by atoms with van der Waals surface area (Å²) in [5, 5.41) is 5.59. The monoisotopic (exact) mass is 246 g/mol. The largest absolute Gasteiger partial charge is 0.469 e. The van der Waals surface area contributed by atoms with Gasteiger partial charge in [0.1, 0.15) is 17.3 Å². The number of amides is 1. The number of furan rings is 1. The molecule has 0 spiro atoms. The van der Waals surface area contributed by atoms with Crippen LogP contribution in [0.15, 0.2) is 35.2 Å². The summed E-state index contributed by atoms with van der Waals surface area (Å²) in [6, 6.07) is 3.69.